The minimum atomic E-state index is -0.739. The molecule has 25 heavy (non-hydrogen) atoms. The van der Waals surface area contributed by atoms with Crippen LogP contribution in [0.3, 0.4) is 0 Å². The first-order valence-corrected chi connectivity index (χ1v) is 8.55. The molecule has 1 aliphatic rings. The third-order valence-electron chi connectivity index (χ3n) is 4.55. The molecule has 0 amide bonds. The van der Waals surface area contributed by atoms with Crippen molar-refractivity contribution in [2.45, 2.75) is 45.1 Å². The summed E-state index contributed by atoms with van der Waals surface area (Å²) < 4.78 is 6.03. The van der Waals surface area contributed by atoms with Crippen LogP contribution in [-0.2, 0) is 11.2 Å². The van der Waals surface area contributed by atoms with Gasteiger partial charge in [-0.3, -0.25) is 4.79 Å². The normalized spacial score (nSPS) is 20.4. The van der Waals surface area contributed by atoms with Crippen molar-refractivity contribution in [1.82, 2.24) is 20.4 Å². The summed E-state index contributed by atoms with van der Waals surface area (Å²) in [5.41, 5.74) is 8.55. The largest absolute Gasteiger partial charge is 0.489 e. The molecule has 2 atom stereocenters. The number of aliphatic carboxylic acids is 1. The number of aromatic nitrogens is 4. The molecule has 4 N–H and O–H groups in total. The highest BCUT2D eigenvalue weighted by Crippen LogP contribution is 2.30. The van der Waals surface area contributed by atoms with Gasteiger partial charge in [-0.25, -0.2) is 4.98 Å². The number of pyridine rings is 1. The fraction of sp³-hybridized carbons (Fsp3) is 0.529. The average Bonchev–Trinajstić information content (AvgIpc) is 3.05. The predicted octanol–water partition coefficient (Wildman–Crippen LogP) is 1.70. The molecule has 1 aliphatic carbocycles. The molecule has 2 heterocycles. The molecule has 0 aliphatic heterocycles. The van der Waals surface area contributed by atoms with Crippen molar-refractivity contribution in [1.29, 1.82) is 0 Å². The van der Waals surface area contributed by atoms with Gasteiger partial charge in [-0.15, -0.1) is 0 Å². The Kier molecular flexibility index (Phi) is 5.28. The maximum atomic E-state index is 11.2. The van der Waals surface area contributed by atoms with Crippen molar-refractivity contribution < 1.29 is 14.6 Å². The summed E-state index contributed by atoms with van der Waals surface area (Å²) in [4.78, 5) is 15.8. The Morgan fingerprint density at radius 2 is 2.24 bits per heavy atom. The summed E-state index contributed by atoms with van der Waals surface area (Å²) in [5, 5.41) is 20.1. The number of aryl methyl sites for hydroxylation is 1. The van der Waals surface area contributed by atoms with Crippen LogP contribution in [0.1, 0.15) is 37.1 Å². The number of hydrogen-bond acceptors (Lipinski definition) is 6. The standard InChI is InChI=1S/C17H23N5O3/c1-10-15(25-12-4-2-3-11(9-12)17(23)24)6-5-13(19-10)16-14(7-8-18)20-22-21-16/h5-6,11-12H,2-4,7-9,18H2,1H3,(H,23,24)(H,20,21,22). The van der Waals surface area contributed by atoms with Gasteiger partial charge in [-0.1, -0.05) is 0 Å². The van der Waals surface area contributed by atoms with Gasteiger partial charge in [0.05, 0.1) is 29.1 Å². The average molecular weight is 345 g/mol. The quantitative estimate of drug-likeness (QED) is 0.727. The summed E-state index contributed by atoms with van der Waals surface area (Å²) in [5.74, 6) is -0.374. The van der Waals surface area contributed by atoms with Crippen molar-refractivity contribution in [3.63, 3.8) is 0 Å². The second kappa shape index (κ2) is 7.60. The lowest BCUT2D eigenvalue weighted by atomic mass is 9.87. The van der Waals surface area contributed by atoms with E-state index in [0.717, 1.165) is 30.7 Å². The summed E-state index contributed by atoms with van der Waals surface area (Å²) in [6.45, 7) is 2.37. The molecule has 0 saturated heterocycles. The Balaban J connectivity index is 1.74. The van der Waals surface area contributed by atoms with Crippen LogP contribution >= 0.6 is 0 Å². The van der Waals surface area contributed by atoms with Crippen LogP contribution < -0.4 is 10.5 Å². The number of aromatic amines is 1. The summed E-state index contributed by atoms with van der Waals surface area (Å²) >= 11 is 0. The first kappa shape index (κ1) is 17.3. The van der Waals surface area contributed by atoms with Gasteiger partial charge in [-0.05, 0) is 51.3 Å². The topological polar surface area (TPSA) is 127 Å². The molecule has 8 heteroatoms. The molecule has 1 saturated carbocycles. The van der Waals surface area contributed by atoms with E-state index in [4.69, 9.17) is 10.5 Å². The molecule has 2 unspecified atom stereocenters. The molecular formula is C17H23N5O3. The van der Waals surface area contributed by atoms with Crippen LogP contribution in [0.15, 0.2) is 12.1 Å². The van der Waals surface area contributed by atoms with E-state index in [1.54, 1.807) is 0 Å². The Morgan fingerprint density at radius 1 is 1.40 bits per heavy atom. The van der Waals surface area contributed by atoms with E-state index < -0.39 is 5.97 Å². The number of H-pyrrole nitrogens is 1. The molecule has 2 aromatic rings. The lowest BCUT2D eigenvalue weighted by Crippen LogP contribution is -2.29. The number of ether oxygens (including phenoxy) is 1. The molecule has 0 aromatic carbocycles. The van der Waals surface area contributed by atoms with E-state index in [1.807, 2.05) is 19.1 Å². The summed E-state index contributed by atoms with van der Waals surface area (Å²) in [6.07, 6.45) is 3.55. The van der Waals surface area contributed by atoms with E-state index >= 15 is 0 Å². The van der Waals surface area contributed by atoms with Crippen LogP contribution in [0.25, 0.3) is 11.4 Å². The Labute approximate surface area is 145 Å². The third kappa shape index (κ3) is 3.96. The number of carbonyl (C=O) groups is 1. The predicted molar refractivity (Wildman–Crippen MR) is 91.1 cm³/mol. The Morgan fingerprint density at radius 3 is 2.96 bits per heavy atom. The maximum Gasteiger partial charge on any atom is 0.306 e. The van der Waals surface area contributed by atoms with E-state index in [9.17, 15) is 9.90 Å². The monoisotopic (exact) mass is 345 g/mol. The third-order valence-corrected chi connectivity index (χ3v) is 4.55. The molecule has 1 fully saturated rings. The van der Waals surface area contributed by atoms with Gasteiger partial charge in [0.25, 0.3) is 0 Å². The fourth-order valence-corrected chi connectivity index (χ4v) is 3.23. The van der Waals surface area contributed by atoms with Gasteiger partial charge in [0.15, 0.2) is 0 Å². The number of hydrogen-bond donors (Lipinski definition) is 3. The molecule has 2 aromatic heterocycles. The fourth-order valence-electron chi connectivity index (χ4n) is 3.23. The molecular weight excluding hydrogens is 322 g/mol. The molecule has 3 rings (SSSR count). The minimum Gasteiger partial charge on any atom is -0.489 e. The van der Waals surface area contributed by atoms with Gasteiger partial charge >= 0.3 is 5.97 Å². The van der Waals surface area contributed by atoms with Crippen molar-refractivity contribution in [2.75, 3.05) is 6.54 Å². The highest BCUT2D eigenvalue weighted by Gasteiger charge is 2.28. The van der Waals surface area contributed by atoms with Crippen LogP contribution in [0, 0.1) is 12.8 Å². The summed E-state index contributed by atoms with van der Waals surface area (Å²) in [7, 11) is 0. The van der Waals surface area contributed by atoms with Crippen LogP contribution in [0.4, 0.5) is 0 Å². The van der Waals surface area contributed by atoms with Crippen molar-refractivity contribution >= 4 is 5.97 Å². The SMILES string of the molecule is Cc1nc(-c2n[nH]nc2CCN)ccc1OC1CCCC(C(=O)O)C1. The van der Waals surface area contributed by atoms with E-state index in [2.05, 4.69) is 20.4 Å². The zero-order chi connectivity index (χ0) is 17.8. The van der Waals surface area contributed by atoms with Crippen molar-refractivity contribution in [3.05, 3.63) is 23.5 Å². The second-order valence-corrected chi connectivity index (χ2v) is 6.38. The highest BCUT2D eigenvalue weighted by molar-refractivity contribution is 5.70. The highest BCUT2D eigenvalue weighted by atomic mass is 16.5. The van der Waals surface area contributed by atoms with E-state index in [0.29, 0.717) is 36.5 Å². The Hall–Kier alpha value is -2.48. The van der Waals surface area contributed by atoms with Crippen molar-refractivity contribution in [2.24, 2.45) is 11.7 Å². The van der Waals surface area contributed by atoms with Crippen LogP contribution in [-0.4, -0.2) is 44.1 Å². The summed E-state index contributed by atoms with van der Waals surface area (Å²) in [6, 6.07) is 3.71. The van der Waals surface area contributed by atoms with Crippen LogP contribution in [0.5, 0.6) is 5.75 Å². The van der Waals surface area contributed by atoms with E-state index in [-0.39, 0.29) is 12.0 Å². The van der Waals surface area contributed by atoms with Gasteiger partial charge in [0, 0.05) is 6.42 Å². The van der Waals surface area contributed by atoms with Crippen LogP contribution in [0.2, 0.25) is 0 Å². The van der Waals surface area contributed by atoms with E-state index in [1.165, 1.54) is 0 Å². The Bertz CT molecular complexity index is 746. The maximum absolute atomic E-state index is 11.2. The lowest BCUT2D eigenvalue weighted by Gasteiger charge is -2.27. The van der Waals surface area contributed by atoms with Crippen molar-refractivity contribution in [3.8, 4) is 17.1 Å². The number of nitrogens with two attached hydrogens (primary N) is 1. The first-order valence-electron chi connectivity index (χ1n) is 8.55. The smallest absolute Gasteiger partial charge is 0.306 e. The lowest BCUT2D eigenvalue weighted by molar-refractivity contribution is -0.143. The van der Waals surface area contributed by atoms with Gasteiger partial charge in [0.1, 0.15) is 11.4 Å². The zero-order valence-electron chi connectivity index (χ0n) is 14.2. The second-order valence-electron chi connectivity index (χ2n) is 6.38. The molecule has 0 bridgehead atoms. The number of carboxylic acid groups (broad SMARTS) is 1. The van der Waals surface area contributed by atoms with Gasteiger partial charge in [-0.2, -0.15) is 15.4 Å². The first-order chi connectivity index (χ1) is 12.1. The molecule has 0 radical (unpaired) electrons. The number of carboxylic acids is 1. The molecule has 0 spiro atoms. The number of nitrogens with zero attached hydrogens (tertiary/aromatic N) is 3. The zero-order valence-corrected chi connectivity index (χ0v) is 14.2. The number of nitrogens with one attached hydrogen (secondary N) is 1. The molecule has 134 valence electrons. The minimum absolute atomic E-state index is 0.0824. The molecule has 8 nitrogen and oxygen atoms in total. The van der Waals surface area contributed by atoms with Gasteiger partial charge in [0.2, 0.25) is 0 Å². The number of rotatable bonds is 6. The van der Waals surface area contributed by atoms with Gasteiger partial charge < -0.3 is 15.6 Å².